The molecule has 0 bridgehead atoms. The van der Waals surface area contributed by atoms with Gasteiger partial charge in [0.25, 0.3) is 5.56 Å². The molecular weight excluding hydrogens is 563 g/mol. The summed E-state index contributed by atoms with van der Waals surface area (Å²) in [5.41, 5.74) is -1.44. The minimum Gasteiger partial charge on any atom is -0.494 e. The Bertz CT molecular complexity index is 1790. The minimum absolute atomic E-state index is 0.105. The molecule has 0 aliphatic heterocycles. The van der Waals surface area contributed by atoms with Crippen molar-refractivity contribution >= 4 is 0 Å². The number of hydrogen-bond donors (Lipinski definition) is 2. The molecule has 0 spiro atoms. The molecule has 0 saturated carbocycles. The SMILES string of the molecule is COc1cccc(-c2cn(Cc3c(F)cccc3F)c(=O)n(C[C@H](NCCCc3nnn[nH]3)c3ccccc3)c2=O)c1F. The zero-order chi connectivity index (χ0) is 30.3. The zero-order valence-electron chi connectivity index (χ0n) is 23.1. The third kappa shape index (κ3) is 6.56. The summed E-state index contributed by atoms with van der Waals surface area (Å²) in [5.74, 6) is -2.01. The van der Waals surface area contributed by atoms with Gasteiger partial charge >= 0.3 is 5.69 Å². The summed E-state index contributed by atoms with van der Waals surface area (Å²) >= 11 is 0. The molecule has 1 atom stereocenters. The van der Waals surface area contributed by atoms with Crippen LogP contribution in [0.1, 0.15) is 29.4 Å². The fourth-order valence-corrected chi connectivity index (χ4v) is 4.82. The van der Waals surface area contributed by atoms with E-state index in [1.807, 2.05) is 30.3 Å². The topological polar surface area (TPSA) is 120 Å². The molecule has 10 nitrogen and oxygen atoms in total. The van der Waals surface area contributed by atoms with Gasteiger partial charge in [-0.05, 0) is 47.2 Å². The lowest BCUT2D eigenvalue weighted by Crippen LogP contribution is -2.43. The summed E-state index contributed by atoms with van der Waals surface area (Å²) < 4.78 is 51.7. The van der Waals surface area contributed by atoms with E-state index in [-0.39, 0.29) is 29.0 Å². The lowest BCUT2D eigenvalue weighted by molar-refractivity contribution is 0.387. The van der Waals surface area contributed by atoms with E-state index in [4.69, 9.17) is 4.74 Å². The molecule has 5 aromatic rings. The normalized spacial score (nSPS) is 11.9. The molecule has 5 rings (SSSR count). The molecule has 43 heavy (non-hydrogen) atoms. The van der Waals surface area contributed by atoms with Crippen molar-refractivity contribution < 1.29 is 17.9 Å². The maximum Gasteiger partial charge on any atom is 0.331 e. The quantitative estimate of drug-likeness (QED) is 0.213. The second kappa shape index (κ2) is 13.3. The Kier molecular flexibility index (Phi) is 9.11. The summed E-state index contributed by atoms with van der Waals surface area (Å²) in [6.45, 7) is -0.191. The Labute approximate surface area is 243 Å². The van der Waals surface area contributed by atoms with Crippen LogP contribution >= 0.6 is 0 Å². The summed E-state index contributed by atoms with van der Waals surface area (Å²) in [7, 11) is 1.29. The van der Waals surface area contributed by atoms with Crippen LogP contribution in [0.4, 0.5) is 13.2 Å². The van der Waals surface area contributed by atoms with E-state index >= 15 is 4.39 Å². The molecule has 2 heterocycles. The number of nitrogens with zero attached hydrogens (tertiary/aromatic N) is 5. The van der Waals surface area contributed by atoms with Crippen molar-refractivity contribution in [3.8, 4) is 16.9 Å². The highest BCUT2D eigenvalue weighted by atomic mass is 19.1. The van der Waals surface area contributed by atoms with Crippen LogP contribution in [-0.4, -0.2) is 43.4 Å². The number of aromatic nitrogens is 6. The van der Waals surface area contributed by atoms with Gasteiger partial charge in [0.2, 0.25) is 0 Å². The molecule has 0 unspecified atom stereocenters. The van der Waals surface area contributed by atoms with E-state index in [1.165, 1.54) is 31.4 Å². The van der Waals surface area contributed by atoms with Crippen molar-refractivity contribution in [1.82, 2.24) is 35.1 Å². The number of rotatable bonds is 12. The van der Waals surface area contributed by atoms with E-state index in [9.17, 15) is 18.4 Å². The third-order valence-electron chi connectivity index (χ3n) is 7.04. The molecule has 2 aromatic heterocycles. The molecule has 0 saturated heterocycles. The molecule has 0 amide bonds. The van der Waals surface area contributed by atoms with Gasteiger partial charge < -0.3 is 10.1 Å². The number of H-pyrrole nitrogens is 1. The Morgan fingerprint density at radius 2 is 1.70 bits per heavy atom. The first-order valence-electron chi connectivity index (χ1n) is 13.5. The van der Waals surface area contributed by atoms with Crippen LogP contribution in [0.5, 0.6) is 5.75 Å². The summed E-state index contributed by atoms with van der Waals surface area (Å²) in [6, 6.07) is 16.3. The van der Waals surface area contributed by atoms with Gasteiger partial charge in [-0.3, -0.25) is 13.9 Å². The van der Waals surface area contributed by atoms with Crippen LogP contribution < -0.4 is 21.3 Å². The maximum atomic E-state index is 15.4. The smallest absolute Gasteiger partial charge is 0.331 e. The molecule has 13 heteroatoms. The number of nitrogens with one attached hydrogen (secondary N) is 2. The van der Waals surface area contributed by atoms with E-state index in [2.05, 4.69) is 25.9 Å². The number of tetrazole rings is 1. The molecule has 0 radical (unpaired) electrons. The van der Waals surface area contributed by atoms with Gasteiger partial charge in [-0.15, -0.1) is 5.10 Å². The highest BCUT2D eigenvalue weighted by Crippen LogP contribution is 2.27. The Hall–Kier alpha value is -5.04. The first-order chi connectivity index (χ1) is 20.9. The fraction of sp³-hybridized carbons (Fsp3) is 0.233. The van der Waals surface area contributed by atoms with E-state index < -0.39 is 41.3 Å². The number of methoxy groups -OCH3 is 1. The van der Waals surface area contributed by atoms with Crippen molar-refractivity contribution in [1.29, 1.82) is 0 Å². The number of aromatic amines is 1. The summed E-state index contributed by atoms with van der Waals surface area (Å²) in [5, 5.41) is 17.1. The van der Waals surface area contributed by atoms with Crippen LogP contribution in [0.25, 0.3) is 11.1 Å². The molecule has 0 aliphatic carbocycles. The summed E-state index contributed by atoms with van der Waals surface area (Å²) in [4.78, 5) is 27.6. The number of halogens is 3. The van der Waals surface area contributed by atoms with Crippen LogP contribution in [0.2, 0.25) is 0 Å². The first-order valence-corrected chi connectivity index (χ1v) is 13.5. The maximum absolute atomic E-state index is 15.4. The van der Waals surface area contributed by atoms with Gasteiger partial charge in [0.1, 0.15) is 17.5 Å². The van der Waals surface area contributed by atoms with Gasteiger partial charge in [0.15, 0.2) is 11.6 Å². The zero-order valence-corrected chi connectivity index (χ0v) is 23.1. The van der Waals surface area contributed by atoms with Crippen molar-refractivity contribution in [3.05, 3.63) is 128 Å². The van der Waals surface area contributed by atoms with E-state index in [0.717, 1.165) is 33.0 Å². The highest BCUT2D eigenvalue weighted by Gasteiger charge is 2.22. The summed E-state index contributed by atoms with van der Waals surface area (Å²) in [6.07, 6.45) is 2.33. The molecule has 222 valence electrons. The molecule has 0 fully saturated rings. The van der Waals surface area contributed by atoms with Crippen molar-refractivity contribution in [2.24, 2.45) is 0 Å². The monoisotopic (exact) mass is 591 g/mol. The lowest BCUT2D eigenvalue weighted by Gasteiger charge is -2.22. The average molecular weight is 592 g/mol. The van der Waals surface area contributed by atoms with Crippen LogP contribution in [0.3, 0.4) is 0 Å². The second-order valence-electron chi connectivity index (χ2n) is 9.76. The van der Waals surface area contributed by atoms with Gasteiger partial charge in [-0.25, -0.2) is 23.1 Å². The van der Waals surface area contributed by atoms with Crippen LogP contribution in [0.15, 0.2) is 82.5 Å². The van der Waals surface area contributed by atoms with Crippen LogP contribution in [-0.2, 0) is 19.5 Å². The number of aryl methyl sites for hydroxylation is 1. The Morgan fingerprint density at radius 1 is 0.953 bits per heavy atom. The molecule has 0 aliphatic rings. The standard InChI is InChI=1S/C30H28F3N7O3/c1-43-26-13-5-10-20(28(26)33)21-16-39(17-22-23(31)11-6-12-24(22)32)30(42)40(29(21)41)18-25(19-8-3-2-4-9-19)34-15-7-14-27-35-37-38-36-27/h2-6,8-13,16,25,34H,7,14-15,17-18H2,1H3,(H,35,36,37,38)/t25-/m0/s1. The van der Waals surface area contributed by atoms with Gasteiger partial charge in [0, 0.05) is 23.7 Å². The van der Waals surface area contributed by atoms with Crippen molar-refractivity contribution in [2.45, 2.75) is 32.0 Å². The predicted molar refractivity (Wildman–Crippen MR) is 152 cm³/mol. The number of benzene rings is 3. The van der Waals surface area contributed by atoms with E-state index in [0.29, 0.717) is 25.2 Å². The van der Waals surface area contributed by atoms with Gasteiger partial charge in [0.05, 0.1) is 31.8 Å². The number of ether oxygens (including phenoxy) is 1. The fourth-order valence-electron chi connectivity index (χ4n) is 4.82. The largest absolute Gasteiger partial charge is 0.494 e. The van der Waals surface area contributed by atoms with Crippen LogP contribution in [0, 0.1) is 17.5 Å². The van der Waals surface area contributed by atoms with Gasteiger partial charge in [-0.2, -0.15) is 0 Å². The molecular formula is C30H28F3N7O3. The van der Waals surface area contributed by atoms with E-state index in [1.54, 1.807) is 0 Å². The third-order valence-corrected chi connectivity index (χ3v) is 7.04. The lowest BCUT2D eigenvalue weighted by atomic mass is 10.1. The second-order valence-corrected chi connectivity index (χ2v) is 9.76. The van der Waals surface area contributed by atoms with Crippen molar-refractivity contribution in [3.63, 3.8) is 0 Å². The molecule has 3 aromatic carbocycles. The Balaban J connectivity index is 1.58. The average Bonchev–Trinajstić information content (AvgIpc) is 3.54. The Morgan fingerprint density at radius 3 is 2.40 bits per heavy atom. The van der Waals surface area contributed by atoms with Crippen molar-refractivity contribution in [2.75, 3.05) is 13.7 Å². The van der Waals surface area contributed by atoms with Gasteiger partial charge in [-0.1, -0.05) is 48.5 Å². The first kappa shape index (κ1) is 29.5. The predicted octanol–water partition coefficient (Wildman–Crippen LogP) is 3.63. The molecule has 2 N–H and O–H groups in total. The number of hydrogen-bond acceptors (Lipinski definition) is 7. The minimum atomic E-state index is -0.857. The highest BCUT2D eigenvalue weighted by molar-refractivity contribution is 5.64.